The predicted octanol–water partition coefficient (Wildman–Crippen LogP) is 4.47. The van der Waals surface area contributed by atoms with Gasteiger partial charge in [-0.15, -0.1) is 11.3 Å². The van der Waals surface area contributed by atoms with Crippen molar-refractivity contribution in [3.05, 3.63) is 24.3 Å². The summed E-state index contributed by atoms with van der Waals surface area (Å²) in [5.41, 5.74) is 1.02. The van der Waals surface area contributed by atoms with Gasteiger partial charge in [-0.25, -0.2) is 4.98 Å². The molecule has 1 heterocycles. The molecule has 3 atom stereocenters. The highest BCUT2D eigenvalue weighted by atomic mass is 32.2. The standard InChI is InChI=1S/C17H22N2OS2/c1-11-7-3-4-8-13(11)18-16(20)12(2)21-17-19-14-9-5-6-10-15(14)22-17/h5-6,9-13H,3-4,7-8H2,1-2H3,(H,18,20)/t11-,12+,13-/m0/s1. The first-order valence-corrected chi connectivity index (χ1v) is 9.65. The Hall–Kier alpha value is -1.07. The smallest absolute Gasteiger partial charge is 0.233 e. The van der Waals surface area contributed by atoms with Crippen LogP contribution in [0.2, 0.25) is 0 Å². The SMILES string of the molecule is C[C@@H](Sc1nc2ccccc2s1)C(=O)N[C@H]1CCCC[C@@H]1C. The van der Waals surface area contributed by atoms with Gasteiger partial charge in [0.05, 0.1) is 15.5 Å². The maximum atomic E-state index is 12.4. The van der Waals surface area contributed by atoms with E-state index in [4.69, 9.17) is 0 Å². The number of nitrogens with zero attached hydrogens (tertiary/aromatic N) is 1. The molecule has 1 aliphatic rings. The molecular weight excluding hydrogens is 312 g/mol. The number of nitrogens with one attached hydrogen (secondary N) is 1. The Morgan fingerprint density at radius 2 is 2.14 bits per heavy atom. The largest absolute Gasteiger partial charge is 0.352 e. The number of carbonyl (C=O) groups is 1. The van der Waals surface area contributed by atoms with E-state index in [1.165, 1.54) is 24.0 Å². The van der Waals surface area contributed by atoms with Crippen LogP contribution in [0.15, 0.2) is 28.6 Å². The van der Waals surface area contributed by atoms with E-state index in [1.54, 1.807) is 23.1 Å². The number of hydrogen-bond acceptors (Lipinski definition) is 4. The van der Waals surface area contributed by atoms with E-state index >= 15 is 0 Å². The van der Waals surface area contributed by atoms with Gasteiger partial charge in [0, 0.05) is 6.04 Å². The summed E-state index contributed by atoms with van der Waals surface area (Å²) in [4.78, 5) is 17.0. The van der Waals surface area contributed by atoms with Crippen molar-refractivity contribution < 1.29 is 4.79 Å². The molecule has 22 heavy (non-hydrogen) atoms. The lowest BCUT2D eigenvalue weighted by Gasteiger charge is -2.30. The summed E-state index contributed by atoms with van der Waals surface area (Å²) in [6.45, 7) is 4.22. The average molecular weight is 335 g/mol. The second kappa shape index (κ2) is 7.01. The molecule has 1 amide bonds. The Bertz CT molecular complexity index is 622. The zero-order valence-electron chi connectivity index (χ0n) is 13.0. The minimum atomic E-state index is -0.102. The Labute approximate surface area is 139 Å². The number of para-hydroxylation sites is 1. The highest BCUT2D eigenvalue weighted by Crippen LogP contribution is 2.32. The average Bonchev–Trinajstić information content (AvgIpc) is 2.91. The van der Waals surface area contributed by atoms with E-state index in [1.807, 2.05) is 25.1 Å². The highest BCUT2D eigenvalue weighted by molar-refractivity contribution is 8.02. The Kier molecular flexibility index (Phi) is 5.03. The van der Waals surface area contributed by atoms with Crippen molar-refractivity contribution in [2.45, 2.75) is 55.2 Å². The predicted molar refractivity (Wildman–Crippen MR) is 94.5 cm³/mol. The number of amides is 1. The number of thioether (sulfide) groups is 1. The van der Waals surface area contributed by atoms with Crippen molar-refractivity contribution in [3.63, 3.8) is 0 Å². The highest BCUT2D eigenvalue weighted by Gasteiger charge is 2.25. The molecule has 3 rings (SSSR count). The number of aromatic nitrogens is 1. The molecule has 2 aromatic rings. The molecule has 0 bridgehead atoms. The third-order valence-electron chi connectivity index (χ3n) is 4.36. The topological polar surface area (TPSA) is 42.0 Å². The van der Waals surface area contributed by atoms with Crippen LogP contribution in [0.5, 0.6) is 0 Å². The molecule has 1 fully saturated rings. The third kappa shape index (κ3) is 3.63. The van der Waals surface area contributed by atoms with Crippen molar-refractivity contribution in [2.75, 3.05) is 0 Å². The Balaban J connectivity index is 1.60. The van der Waals surface area contributed by atoms with Crippen molar-refractivity contribution in [2.24, 2.45) is 5.92 Å². The Morgan fingerprint density at radius 3 is 2.91 bits per heavy atom. The molecule has 0 saturated heterocycles. The first-order valence-electron chi connectivity index (χ1n) is 7.96. The number of carbonyl (C=O) groups excluding carboxylic acids is 1. The van der Waals surface area contributed by atoms with Gasteiger partial charge >= 0.3 is 0 Å². The summed E-state index contributed by atoms with van der Waals surface area (Å²) >= 11 is 3.22. The van der Waals surface area contributed by atoms with Crippen LogP contribution >= 0.6 is 23.1 Å². The molecule has 0 unspecified atom stereocenters. The normalized spacial score (nSPS) is 23.4. The van der Waals surface area contributed by atoms with Crippen LogP contribution in [0.3, 0.4) is 0 Å². The second-order valence-corrected chi connectivity index (χ2v) is 8.70. The molecule has 1 aromatic heterocycles. The fraction of sp³-hybridized carbons (Fsp3) is 0.529. The number of fused-ring (bicyclic) bond motifs is 1. The molecule has 5 heteroatoms. The van der Waals surface area contributed by atoms with Gasteiger partial charge in [0.2, 0.25) is 5.91 Å². The van der Waals surface area contributed by atoms with Crippen molar-refractivity contribution in [3.8, 4) is 0 Å². The number of thiazole rings is 1. The van der Waals surface area contributed by atoms with E-state index in [0.717, 1.165) is 16.3 Å². The molecular formula is C17H22N2OS2. The van der Waals surface area contributed by atoms with E-state index < -0.39 is 0 Å². The molecule has 3 nitrogen and oxygen atoms in total. The van der Waals surface area contributed by atoms with Crippen LogP contribution in [-0.4, -0.2) is 22.2 Å². The molecule has 0 spiro atoms. The van der Waals surface area contributed by atoms with E-state index in [0.29, 0.717) is 12.0 Å². The minimum absolute atomic E-state index is 0.102. The fourth-order valence-electron chi connectivity index (χ4n) is 2.94. The van der Waals surface area contributed by atoms with E-state index in [-0.39, 0.29) is 11.2 Å². The lowest BCUT2D eigenvalue weighted by molar-refractivity contribution is -0.121. The van der Waals surface area contributed by atoms with Gasteiger partial charge in [-0.2, -0.15) is 0 Å². The minimum Gasteiger partial charge on any atom is -0.352 e. The summed E-state index contributed by atoms with van der Waals surface area (Å²) in [6.07, 6.45) is 4.87. The first kappa shape index (κ1) is 15.8. The summed E-state index contributed by atoms with van der Waals surface area (Å²) in [7, 11) is 0. The fourth-order valence-corrected chi connectivity index (χ4v) is 5.16. The molecule has 118 valence electrons. The second-order valence-electron chi connectivity index (χ2n) is 6.08. The van der Waals surface area contributed by atoms with Crippen molar-refractivity contribution >= 4 is 39.2 Å². The molecule has 1 aromatic carbocycles. The van der Waals surface area contributed by atoms with Gasteiger partial charge in [0.1, 0.15) is 0 Å². The number of benzene rings is 1. The summed E-state index contributed by atoms with van der Waals surface area (Å²) < 4.78 is 2.15. The lowest BCUT2D eigenvalue weighted by atomic mass is 9.86. The maximum Gasteiger partial charge on any atom is 0.233 e. The van der Waals surface area contributed by atoms with Crippen LogP contribution in [0, 0.1) is 5.92 Å². The summed E-state index contributed by atoms with van der Waals surface area (Å²) in [6, 6.07) is 8.46. The number of hydrogen-bond donors (Lipinski definition) is 1. The Morgan fingerprint density at radius 1 is 1.36 bits per heavy atom. The van der Waals surface area contributed by atoms with Gasteiger partial charge < -0.3 is 5.32 Å². The first-order chi connectivity index (χ1) is 10.6. The van der Waals surface area contributed by atoms with Crippen molar-refractivity contribution in [1.29, 1.82) is 0 Å². The van der Waals surface area contributed by atoms with Crippen LogP contribution in [-0.2, 0) is 4.79 Å². The van der Waals surface area contributed by atoms with E-state index in [9.17, 15) is 4.79 Å². The zero-order chi connectivity index (χ0) is 15.5. The zero-order valence-corrected chi connectivity index (χ0v) is 14.7. The summed E-state index contributed by atoms with van der Waals surface area (Å²) in [5, 5.41) is 3.14. The van der Waals surface area contributed by atoms with Gasteiger partial charge in [0.25, 0.3) is 0 Å². The van der Waals surface area contributed by atoms with Gasteiger partial charge in [-0.1, -0.05) is 43.7 Å². The molecule has 1 aliphatic carbocycles. The van der Waals surface area contributed by atoms with Gasteiger partial charge in [-0.05, 0) is 37.8 Å². The van der Waals surface area contributed by atoms with Gasteiger partial charge in [0.15, 0.2) is 4.34 Å². The van der Waals surface area contributed by atoms with E-state index in [2.05, 4.69) is 23.3 Å². The monoisotopic (exact) mass is 334 g/mol. The maximum absolute atomic E-state index is 12.4. The summed E-state index contributed by atoms with van der Waals surface area (Å²) in [5.74, 6) is 0.736. The molecule has 1 N–H and O–H groups in total. The van der Waals surface area contributed by atoms with Crippen LogP contribution in [0.25, 0.3) is 10.2 Å². The van der Waals surface area contributed by atoms with Crippen LogP contribution in [0.1, 0.15) is 39.5 Å². The molecule has 0 radical (unpaired) electrons. The molecule has 0 aliphatic heterocycles. The third-order valence-corrected chi connectivity index (χ3v) is 6.59. The quantitative estimate of drug-likeness (QED) is 0.839. The lowest BCUT2D eigenvalue weighted by Crippen LogP contribution is -2.44. The van der Waals surface area contributed by atoms with Crippen molar-refractivity contribution in [1.82, 2.24) is 10.3 Å². The van der Waals surface area contributed by atoms with Gasteiger partial charge in [-0.3, -0.25) is 4.79 Å². The molecule has 1 saturated carbocycles. The van der Waals surface area contributed by atoms with Crippen LogP contribution < -0.4 is 5.32 Å². The van der Waals surface area contributed by atoms with Crippen LogP contribution in [0.4, 0.5) is 0 Å². The number of rotatable bonds is 4.